The van der Waals surface area contributed by atoms with Crippen molar-refractivity contribution < 1.29 is 4.79 Å². The fraction of sp³-hybridized carbons (Fsp3) is 0.269. The summed E-state index contributed by atoms with van der Waals surface area (Å²) in [6.45, 7) is 10.1. The fourth-order valence-corrected chi connectivity index (χ4v) is 3.72. The molecule has 3 aromatic rings. The zero-order valence-electron chi connectivity index (χ0n) is 17.9. The van der Waals surface area contributed by atoms with Crippen LogP contribution in [0.25, 0.3) is 0 Å². The summed E-state index contributed by atoms with van der Waals surface area (Å²) in [5.41, 5.74) is 7.77. The quantitative estimate of drug-likeness (QED) is 0.577. The van der Waals surface area contributed by atoms with E-state index in [0.717, 1.165) is 27.9 Å². The average molecular weight is 387 g/mol. The van der Waals surface area contributed by atoms with Gasteiger partial charge in [-0.05, 0) is 56.9 Å². The number of carbonyl (C=O) groups is 1. The third-order valence-corrected chi connectivity index (χ3v) is 5.28. The number of benzene rings is 3. The van der Waals surface area contributed by atoms with Crippen molar-refractivity contribution in [3.05, 3.63) is 100 Å². The Bertz CT molecular complexity index is 954. The topological polar surface area (TPSA) is 41.1 Å². The van der Waals surface area contributed by atoms with E-state index in [1.54, 1.807) is 0 Å². The summed E-state index contributed by atoms with van der Waals surface area (Å²) < 4.78 is 0. The Hall–Kier alpha value is -2.91. The molecule has 0 aliphatic rings. The van der Waals surface area contributed by atoms with Gasteiger partial charge in [0.1, 0.15) is 0 Å². The lowest BCUT2D eigenvalue weighted by atomic mass is 9.97. The van der Waals surface area contributed by atoms with Gasteiger partial charge in [0.15, 0.2) is 0 Å². The van der Waals surface area contributed by atoms with Crippen LogP contribution in [0.1, 0.15) is 46.3 Å². The van der Waals surface area contributed by atoms with Crippen LogP contribution < -0.4 is 10.6 Å². The first-order valence-corrected chi connectivity index (χ1v) is 10.1. The van der Waals surface area contributed by atoms with E-state index in [1.165, 1.54) is 11.1 Å². The summed E-state index contributed by atoms with van der Waals surface area (Å²) in [6.07, 6.45) is 0. The molecule has 29 heavy (non-hydrogen) atoms. The summed E-state index contributed by atoms with van der Waals surface area (Å²) in [7, 11) is 0. The van der Waals surface area contributed by atoms with Gasteiger partial charge in [0.25, 0.3) is 0 Å². The second-order valence-corrected chi connectivity index (χ2v) is 7.91. The highest BCUT2D eigenvalue weighted by molar-refractivity contribution is 5.96. The third-order valence-electron chi connectivity index (χ3n) is 5.28. The van der Waals surface area contributed by atoms with Crippen molar-refractivity contribution in [1.82, 2.24) is 5.32 Å². The fourth-order valence-electron chi connectivity index (χ4n) is 3.72. The molecule has 2 N–H and O–H groups in total. The molecule has 0 aliphatic heterocycles. The Morgan fingerprint density at radius 1 is 0.759 bits per heavy atom. The average Bonchev–Trinajstić information content (AvgIpc) is 2.70. The second-order valence-electron chi connectivity index (χ2n) is 7.91. The number of aryl methyl sites for hydroxylation is 4. The molecule has 3 aromatic carbocycles. The summed E-state index contributed by atoms with van der Waals surface area (Å²) >= 11 is 0. The summed E-state index contributed by atoms with van der Waals surface area (Å²) in [5.74, 6) is -0.0342. The maximum Gasteiger partial charge on any atom is 0.241 e. The van der Waals surface area contributed by atoms with Gasteiger partial charge >= 0.3 is 0 Å². The van der Waals surface area contributed by atoms with Gasteiger partial charge in [-0.15, -0.1) is 0 Å². The van der Waals surface area contributed by atoms with E-state index in [4.69, 9.17) is 0 Å². The Labute approximate surface area is 174 Å². The molecule has 1 amide bonds. The molecule has 150 valence electrons. The molecule has 2 atom stereocenters. The molecule has 0 fully saturated rings. The highest BCUT2D eigenvalue weighted by Gasteiger charge is 2.21. The predicted octanol–water partition coefficient (Wildman–Crippen LogP) is 5.63. The molecule has 0 heterocycles. The van der Waals surface area contributed by atoms with Crippen LogP contribution in [0.5, 0.6) is 0 Å². The van der Waals surface area contributed by atoms with Gasteiger partial charge in [-0.3, -0.25) is 10.1 Å². The van der Waals surface area contributed by atoms with Crippen molar-refractivity contribution in [1.29, 1.82) is 0 Å². The molecule has 0 radical (unpaired) electrons. The first kappa shape index (κ1) is 20.8. The molecule has 3 rings (SSSR count). The molecule has 0 saturated carbocycles. The van der Waals surface area contributed by atoms with Gasteiger partial charge in [-0.2, -0.15) is 0 Å². The van der Waals surface area contributed by atoms with Crippen molar-refractivity contribution in [3.63, 3.8) is 0 Å². The van der Waals surface area contributed by atoms with Gasteiger partial charge in [-0.1, -0.05) is 77.9 Å². The van der Waals surface area contributed by atoms with Crippen LogP contribution in [-0.4, -0.2) is 11.9 Å². The lowest BCUT2D eigenvalue weighted by Gasteiger charge is -2.25. The van der Waals surface area contributed by atoms with E-state index in [2.05, 4.69) is 73.0 Å². The highest BCUT2D eigenvalue weighted by atomic mass is 16.2. The van der Waals surface area contributed by atoms with Crippen LogP contribution in [0.4, 0.5) is 5.69 Å². The molecule has 0 bridgehead atoms. The Morgan fingerprint density at radius 3 is 1.90 bits per heavy atom. The number of anilines is 1. The minimum Gasteiger partial charge on any atom is -0.324 e. The Morgan fingerprint density at radius 2 is 1.31 bits per heavy atom. The molecule has 0 aliphatic carbocycles. The number of carbonyl (C=O) groups excluding carboxylic acids is 1. The predicted molar refractivity (Wildman–Crippen MR) is 121 cm³/mol. The zero-order valence-corrected chi connectivity index (χ0v) is 17.9. The third kappa shape index (κ3) is 5.12. The molecule has 3 nitrogen and oxygen atoms in total. The van der Waals surface area contributed by atoms with E-state index >= 15 is 0 Å². The Kier molecular flexibility index (Phi) is 6.50. The molecule has 3 heteroatoms. The molecule has 0 aromatic heterocycles. The van der Waals surface area contributed by atoms with Crippen molar-refractivity contribution in [2.75, 3.05) is 5.32 Å². The lowest BCUT2D eigenvalue weighted by molar-refractivity contribution is -0.117. The largest absolute Gasteiger partial charge is 0.324 e. The normalized spacial score (nSPS) is 13.0. The van der Waals surface area contributed by atoms with Crippen LogP contribution in [0.3, 0.4) is 0 Å². The molecule has 0 unspecified atom stereocenters. The molecular weight excluding hydrogens is 356 g/mol. The van der Waals surface area contributed by atoms with Gasteiger partial charge in [-0.25, -0.2) is 0 Å². The SMILES string of the molecule is Cc1ccc([C@@H](N[C@@H](C)C(=O)Nc2c(C)cc(C)cc2C)c2ccccc2)cc1. The van der Waals surface area contributed by atoms with E-state index in [0.29, 0.717) is 0 Å². The maximum atomic E-state index is 13.0. The van der Waals surface area contributed by atoms with Crippen molar-refractivity contribution in [3.8, 4) is 0 Å². The number of hydrogen-bond donors (Lipinski definition) is 2. The monoisotopic (exact) mass is 386 g/mol. The van der Waals surface area contributed by atoms with E-state index < -0.39 is 0 Å². The molecular formula is C26H30N2O. The smallest absolute Gasteiger partial charge is 0.241 e. The first-order valence-electron chi connectivity index (χ1n) is 10.1. The van der Waals surface area contributed by atoms with Crippen molar-refractivity contribution in [2.24, 2.45) is 0 Å². The minimum atomic E-state index is -0.360. The maximum absolute atomic E-state index is 13.0. The van der Waals surface area contributed by atoms with Crippen LogP contribution in [0.15, 0.2) is 66.7 Å². The minimum absolute atomic E-state index is 0.0342. The van der Waals surface area contributed by atoms with E-state index in [1.807, 2.05) is 39.0 Å². The van der Waals surface area contributed by atoms with Crippen LogP contribution in [0, 0.1) is 27.7 Å². The zero-order chi connectivity index (χ0) is 21.0. The number of amides is 1. The lowest BCUT2D eigenvalue weighted by Crippen LogP contribution is -2.40. The van der Waals surface area contributed by atoms with Crippen LogP contribution in [0.2, 0.25) is 0 Å². The highest BCUT2D eigenvalue weighted by Crippen LogP contribution is 2.25. The van der Waals surface area contributed by atoms with Crippen molar-refractivity contribution >= 4 is 11.6 Å². The van der Waals surface area contributed by atoms with Gasteiger partial charge < -0.3 is 5.32 Å². The van der Waals surface area contributed by atoms with Gasteiger partial charge in [0, 0.05) is 5.69 Å². The standard InChI is InChI=1S/C26H30N2O/c1-17-11-13-23(14-12-17)25(22-9-7-6-8-10-22)27-21(5)26(29)28-24-19(3)15-18(2)16-20(24)4/h6-16,21,25,27H,1-5H3,(H,28,29)/t21-,25-/m0/s1. The summed E-state index contributed by atoms with van der Waals surface area (Å²) in [5, 5.41) is 6.65. The number of rotatable bonds is 6. The Balaban J connectivity index is 1.82. The van der Waals surface area contributed by atoms with Gasteiger partial charge in [0.2, 0.25) is 5.91 Å². The van der Waals surface area contributed by atoms with E-state index in [-0.39, 0.29) is 18.0 Å². The van der Waals surface area contributed by atoms with Crippen LogP contribution >= 0.6 is 0 Å². The van der Waals surface area contributed by atoms with Gasteiger partial charge in [0.05, 0.1) is 12.1 Å². The molecule has 0 spiro atoms. The molecule has 0 saturated heterocycles. The number of nitrogens with one attached hydrogen (secondary N) is 2. The first-order chi connectivity index (χ1) is 13.8. The second kappa shape index (κ2) is 9.06. The van der Waals surface area contributed by atoms with Crippen molar-refractivity contribution in [2.45, 2.75) is 46.7 Å². The summed E-state index contributed by atoms with van der Waals surface area (Å²) in [4.78, 5) is 13.0. The number of hydrogen-bond acceptors (Lipinski definition) is 2. The summed E-state index contributed by atoms with van der Waals surface area (Å²) in [6, 6.07) is 22.5. The van der Waals surface area contributed by atoms with E-state index in [9.17, 15) is 4.79 Å². The van der Waals surface area contributed by atoms with Crippen LogP contribution in [-0.2, 0) is 4.79 Å².